The average Bonchev–Trinajstić information content (AvgIpc) is 2.71. The summed E-state index contributed by atoms with van der Waals surface area (Å²) in [5.74, 6) is 1.73. The largest absolute Gasteiger partial charge is 0.490 e. The molecule has 0 amide bonds. The van der Waals surface area contributed by atoms with Gasteiger partial charge in [0.05, 0.1) is 6.61 Å². The van der Waals surface area contributed by atoms with Crippen LogP contribution in [0.15, 0.2) is 53.6 Å². The molecule has 2 N–H and O–H groups in total. The molecule has 1 aromatic heterocycles. The highest BCUT2D eigenvalue weighted by atomic mass is 16.5. The number of hydrogen-bond acceptors (Lipinski definition) is 6. The summed E-state index contributed by atoms with van der Waals surface area (Å²) >= 11 is 0. The normalized spacial score (nSPS) is 24.4. The number of allylic oxidation sites excluding steroid dienone is 2. The van der Waals surface area contributed by atoms with E-state index in [-0.39, 0.29) is 12.2 Å². The molecule has 138 valence electrons. The third kappa shape index (κ3) is 4.14. The summed E-state index contributed by atoms with van der Waals surface area (Å²) in [6.45, 7) is 3.45. The second-order valence-electron chi connectivity index (χ2n) is 6.80. The Kier molecular flexibility index (Phi) is 5.62. The fraction of sp³-hybridized carbons (Fsp3) is 0.500. The first-order valence-corrected chi connectivity index (χ1v) is 9.51. The predicted octanol–water partition coefficient (Wildman–Crippen LogP) is 2.59. The SMILES string of the molecule is C1=CC2=C(OC(CNCCCNc3ncccn3)CC2)C2OCCC=C12. The summed E-state index contributed by atoms with van der Waals surface area (Å²) in [7, 11) is 0. The maximum absolute atomic E-state index is 6.30. The van der Waals surface area contributed by atoms with Crippen LogP contribution < -0.4 is 10.6 Å². The molecule has 0 radical (unpaired) electrons. The summed E-state index contributed by atoms with van der Waals surface area (Å²) < 4.78 is 12.3. The number of rotatable bonds is 7. The van der Waals surface area contributed by atoms with Gasteiger partial charge in [-0.2, -0.15) is 0 Å². The van der Waals surface area contributed by atoms with E-state index in [1.807, 2.05) is 6.07 Å². The van der Waals surface area contributed by atoms with Crippen LogP contribution in [0.4, 0.5) is 5.95 Å². The van der Waals surface area contributed by atoms with Crippen molar-refractivity contribution >= 4 is 5.95 Å². The predicted molar refractivity (Wildman–Crippen MR) is 101 cm³/mol. The highest BCUT2D eigenvalue weighted by Crippen LogP contribution is 2.36. The van der Waals surface area contributed by atoms with Crippen molar-refractivity contribution in [3.8, 4) is 0 Å². The molecule has 6 nitrogen and oxygen atoms in total. The van der Waals surface area contributed by atoms with Crippen molar-refractivity contribution in [2.24, 2.45) is 0 Å². The summed E-state index contributed by atoms with van der Waals surface area (Å²) in [5, 5.41) is 6.73. The van der Waals surface area contributed by atoms with E-state index in [4.69, 9.17) is 9.47 Å². The van der Waals surface area contributed by atoms with E-state index < -0.39 is 0 Å². The summed E-state index contributed by atoms with van der Waals surface area (Å²) in [4.78, 5) is 8.30. The van der Waals surface area contributed by atoms with Crippen LogP contribution in [0.2, 0.25) is 0 Å². The summed E-state index contributed by atoms with van der Waals surface area (Å²) in [6, 6.07) is 1.82. The zero-order valence-electron chi connectivity index (χ0n) is 15.0. The number of anilines is 1. The topological polar surface area (TPSA) is 68.3 Å². The lowest BCUT2D eigenvalue weighted by atomic mass is 9.90. The van der Waals surface area contributed by atoms with Gasteiger partial charge in [-0.3, -0.25) is 0 Å². The Morgan fingerprint density at radius 1 is 1.15 bits per heavy atom. The fourth-order valence-corrected chi connectivity index (χ4v) is 3.55. The van der Waals surface area contributed by atoms with Crippen LogP contribution in [0.3, 0.4) is 0 Å². The Labute approximate surface area is 154 Å². The van der Waals surface area contributed by atoms with Gasteiger partial charge in [0, 0.05) is 25.5 Å². The van der Waals surface area contributed by atoms with Gasteiger partial charge in [0.1, 0.15) is 18.0 Å². The van der Waals surface area contributed by atoms with Gasteiger partial charge in [0.2, 0.25) is 5.95 Å². The molecule has 2 unspecified atom stereocenters. The molecule has 3 aliphatic rings. The molecule has 2 aliphatic heterocycles. The maximum atomic E-state index is 6.30. The third-order valence-corrected chi connectivity index (χ3v) is 4.90. The molecule has 3 heterocycles. The van der Waals surface area contributed by atoms with Gasteiger partial charge in [-0.25, -0.2) is 9.97 Å². The van der Waals surface area contributed by atoms with Gasteiger partial charge in [0.25, 0.3) is 0 Å². The van der Waals surface area contributed by atoms with Crippen LogP contribution in [-0.2, 0) is 9.47 Å². The van der Waals surface area contributed by atoms with E-state index in [0.717, 1.165) is 57.7 Å². The van der Waals surface area contributed by atoms with Gasteiger partial charge in [-0.1, -0.05) is 18.2 Å². The molecule has 0 bridgehead atoms. The first-order chi connectivity index (χ1) is 12.9. The molecule has 4 rings (SSSR count). The molecule has 0 aromatic carbocycles. The van der Waals surface area contributed by atoms with E-state index in [0.29, 0.717) is 5.95 Å². The first-order valence-electron chi connectivity index (χ1n) is 9.51. The maximum Gasteiger partial charge on any atom is 0.222 e. The smallest absolute Gasteiger partial charge is 0.222 e. The first kappa shape index (κ1) is 17.2. The van der Waals surface area contributed by atoms with Crippen molar-refractivity contribution in [2.45, 2.75) is 37.9 Å². The fourth-order valence-electron chi connectivity index (χ4n) is 3.55. The molecule has 1 aromatic rings. The van der Waals surface area contributed by atoms with Crippen LogP contribution in [0.5, 0.6) is 0 Å². The summed E-state index contributed by atoms with van der Waals surface area (Å²) in [6.07, 6.45) is 14.5. The molecule has 0 saturated heterocycles. The lowest BCUT2D eigenvalue weighted by Gasteiger charge is -2.36. The van der Waals surface area contributed by atoms with E-state index in [9.17, 15) is 0 Å². The Bertz CT molecular complexity index is 699. The third-order valence-electron chi connectivity index (χ3n) is 4.90. The minimum absolute atomic E-state index is 0.0154. The number of hydrogen-bond donors (Lipinski definition) is 2. The highest BCUT2D eigenvalue weighted by molar-refractivity contribution is 5.44. The molecule has 2 atom stereocenters. The zero-order valence-corrected chi connectivity index (χ0v) is 15.0. The van der Waals surface area contributed by atoms with Crippen LogP contribution >= 0.6 is 0 Å². The monoisotopic (exact) mass is 354 g/mol. The van der Waals surface area contributed by atoms with Gasteiger partial charge in [-0.05, 0) is 49.4 Å². The number of nitrogens with zero attached hydrogens (tertiary/aromatic N) is 2. The Balaban J connectivity index is 1.19. The zero-order chi connectivity index (χ0) is 17.6. The molecule has 0 spiro atoms. The lowest BCUT2D eigenvalue weighted by molar-refractivity contribution is 0.00711. The lowest BCUT2D eigenvalue weighted by Crippen LogP contribution is -2.37. The van der Waals surface area contributed by atoms with Gasteiger partial charge < -0.3 is 20.1 Å². The minimum atomic E-state index is 0.0154. The quantitative estimate of drug-likeness (QED) is 0.734. The highest BCUT2D eigenvalue weighted by Gasteiger charge is 2.32. The molecular weight excluding hydrogens is 328 g/mol. The van der Waals surface area contributed by atoms with Crippen molar-refractivity contribution in [1.29, 1.82) is 0 Å². The molecule has 6 heteroatoms. The van der Waals surface area contributed by atoms with E-state index in [2.05, 4.69) is 38.8 Å². The minimum Gasteiger partial charge on any atom is -0.490 e. The van der Waals surface area contributed by atoms with Crippen molar-refractivity contribution < 1.29 is 9.47 Å². The Hall–Kier alpha value is -2.18. The number of nitrogens with one attached hydrogen (secondary N) is 2. The molecule has 0 fully saturated rings. The van der Waals surface area contributed by atoms with E-state index in [1.165, 1.54) is 11.1 Å². The van der Waals surface area contributed by atoms with Crippen LogP contribution in [0, 0.1) is 0 Å². The number of aromatic nitrogens is 2. The van der Waals surface area contributed by atoms with E-state index in [1.54, 1.807) is 12.4 Å². The Morgan fingerprint density at radius 3 is 3.00 bits per heavy atom. The average molecular weight is 354 g/mol. The van der Waals surface area contributed by atoms with Crippen molar-refractivity contribution in [2.75, 3.05) is 31.6 Å². The molecule has 0 saturated carbocycles. The Morgan fingerprint density at radius 2 is 2.08 bits per heavy atom. The number of ether oxygens (including phenoxy) is 2. The molecule has 1 aliphatic carbocycles. The van der Waals surface area contributed by atoms with Crippen molar-refractivity contribution in [3.05, 3.63) is 53.6 Å². The number of fused-ring (bicyclic) bond motifs is 2. The second kappa shape index (κ2) is 8.47. The van der Waals surface area contributed by atoms with Gasteiger partial charge in [-0.15, -0.1) is 0 Å². The second-order valence-corrected chi connectivity index (χ2v) is 6.80. The van der Waals surface area contributed by atoms with Gasteiger partial charge >= 0.3 is 0 Å². The van der Waals surface area contributed by atoms with Crippen molar-refractivity contribution in [3.63, 3.8) is 0 Å². The molecular formula is C20H26N4O2. The van der Waals surface area contributed by atoms with Crippen molar-refractivity contribution in [1.82, 2.24) is 15.3 Å². The van der Waals surface area contributed by atoms with Crippen LogP contribution in [0.1, 0.15) is 25.7 Å². The van der Waals surface area contributed by atoms with Crippen LogP contribution in [-0.4, -0.2) is 48.4 Å². The van der Waals surface area contributed by atoms with Crippen LogP contribution in [0.25, 0.3) is 0 Å². The molecule has 26 heavy (non-hydrogen) atoms. The standard InChI is InChI=1S/C20H26N4O2/c1-4-15-5-6-16-7-8-17(26-19(16)18(15)25-13-1)14-21-9-2-10-22-20-23-11-3-12-24-20/h3-6,11-12,17-18,21H,1-2,7-10,13-14H2,(H,22,23,24). The van der Waals surface area contributed by atoms with Gasteiger partial charge in [0.15, 0.2) is 0 Å². The summed E-state index contributed by atoms with van der Waals surface area (Å²) in [5.41, 5.74) is 2.55. The van der Waals surface area contributed by atoms with E-state index >= 15 is 0 Å².